The molecule has 0 bridgehead atoms. The van der Waals surface area contributed by atoms with Crippen molar-refractivity contribution in [2.45, 2.75) is 57.0 Å². The fraction of sp³-hybridized carbons (Fsp3) is 0.433. The Kier molecular flexibility index (Phi) is 13.8. The van der Waals surface area contributed by atoms with Crippen LogP contribution in [-0.2, 0) is 38.5 Å². The van der Waals surface area contributed by atoms with Crippen LogP contribution in [0.25, 0.3) is 11.1 Å². The minimum Gasteiger partial charge on any atom is -0.462 e. The zero-order chi connectivity index (χ0) is 32.8. The van der Waals surface area contributed by atoms with Gasteiger partial charge in [0.15, 0.2) is 0 Å². The van der Waals surface area contributed by atoms with E-state index in [0.717, 1.165) is 0 Å². The highest BCUT2D eigenvalue weighted by Crippen LogP contribution is 2.29. The molecule has 0 spiro atoms. The Morgan fingerprint density at radius 2 is 1.52 bits per heavy atom. The van der Waals surface area contributed by atoms with Crippen LogP contribution >= 0.6 is 0 Å². The fourth-order valence-corrected chi connectivity index (χ4v) is 4.47. The Morgan fingerprint density at radius 3 is 2.09 bits per heavy atom. The van der Waals surface area contributed by atoms with Crippen LogP contribution in [0.2, 0.25) is 0 Å². The smallest absolute Gasteiger partial charge is 0.408 e. The molecule has 0 aromatic heterocycles. The third-order valence-corrected chi connectivity index (χ3v) is 6.98. The van der Waals surface area contributed by atoms with E-state index in [9.17, 15) is 32.9 Å². The van der Waals surface area contributed by atoms with Crippen LogP contribution in [-0.4, -0.2) is 69.8 Å². The Morgan fingerprint density at radius 1 is 0.909 bits per heavy atom. The third-order valence-electron chi connectivity index (χ3n) is 5.83. The molecule has 0 saturated carbocycles. The predicted octanol–water partition coefficient (Wildman–Crippen LogP) is 4.54. The van der Waals surface area contributed by atoms with Crippen molar-refractivity contribution in [3.8, 4) is 0 Å². The first-order chi connectivity index (χ1) is 20.7. The lowest BCUT2D eigenvalue weighted by Crippen LogP contribution is -2.36. The summed E-state index contributed by atoms with van der Waals surface area (Å²) in [5.74, 6) is -1.48. The lowest BCUT2D eigenvalue weighted by Gasteiger charge is -2.19. The van der Waals surface area contributed by atoms with Gasteiger partial charge in [-0.3, -0.25) is 4.79 Å². The average Bonchev–Trinajstić information content (AvgIpc) is 2.94. The van der Waals surface area contributed by atoms with Gasteiger partial charge in [-0.05, 0) is 63.3 Å². The van der Waals surface area contributed by atoms with Gasteiger partial charge in [-0.2, -0.15) is 4.21 Å². The van der Waals surface area contributed by atoms with Gasteiger partial charge in [0.05, 0.1) is 25.0 Å². The number of amides is 1. The number of nitrogens with zero attached hydrogens (tertiary/aromatic N) is 1. The number of hydrogen-bond acceptors (Lipinski definition) is 10. The van der Waals surface area contributed by atoms with E-state index >= 15 is 0 Å². The molecule has 0 saturated heterocycles. The highest BCUT2D eigenvalue weighted by Gasteiger charge is 2.23. The van der Waals surface area contributed by atoms with E-state index in [2.05, 4.69) is 10.2 Å². The fourth-order valence-electron chi connectivity index (χ4n) is 3.82. The van der Waals surface area contributed by atoms with Crippen LogP contribution in [0.1, 0.15) is 57.6 Å². The van der Waals surface area contributed by atoms with Crippen LogP contribution in [0.4, 0.5) is 4.79 Å². The number of carbonyl (C=O) groups is 3. The largest absolute Gasteiger partial charge is 0.462 e. The SMILES string of the molecule is CC(C)(C)OC(=O)NCC(=O)OC/C(=C(\C(=O)OCCCCCCO[N+](=O)[O-])c1ccccc1)c1ccc(S(C)(=O)=[OH+])cc1. The van der Waals surface area contributed by atoms with Crippen molar-refractivity contribution < 1.29 is 46.9 Å². The van der Waals surface area contributed by atoms with E-state index in [1.54, 1.807) is 63.2 Å². The zero-order valence-corrected chi connectivity index (χ0v) is 26.1. The molecule has 0 heterocycles. The molecule has 13 nitrogen and oxygen atoms in total. The second kappa shape index (κ2) is 17.0. The topological polar surface area (TPSA) is 182 Å². The summed E-state index contributed by atoms with van der Waals surface area (Å²) < 4.78 is 38.2. The molecule has 2 N–H and O–H groups in total. The Balaban J connectivity index is 2.31. The maximum Gasteiger partial charge on any atom is 0.408 e. The number of benzene rings is 2. The molecule has 1 atom stereocenters. The summed E-state index contributed by atoms with van der Waals surface area (Å²) in [5, 5.41) is 11.7. The van der Waals surface area contributed by atoms with E-state index in [1.807, 2.05) is 0 Å². The molecule has 1 unspecified atom stereocenters. The summed E-state index contributed by atoms with van der Waals surface area (Å²) in [4.78, 5) is 52.7. The van der Waals surface area contributed by atoms with Crippen LogP contribution < -0.4 is 5.32 Å². The van der Waals surface area contributed by atoms with Gasteiger partial charge in [0.25, 0.3) is 14.9 Å². The standard InChI is InChI=1S/C30H38N2O11S/c1-30(2,3)43-29(35)31-20-26(33)41-21-25(22-14-16-24(17-15-22)44(4,38)39)27(23-12-8-7-9-13-23)28(34)40-18-10-5-6-11-19-42-32(36)37/h7-9,12-17H,5-6,10-11,18-21H2,1-4H3,(H,31,35)/p+1/b27-25+. The number of rotatable bonds is 16. The highest BCUT2D eigenvalue weighted by molar-refractivity contribution is 7.90. The lowest BCUT2D eigenvalue weighted by atomic mass is 9.95. The third kappa shape index (κ3) is 13.2. The van der Waals surface area contributed by atoms with Crippen LogP contribution in [0.5, 0.6) is 0 Å². The quantitative estimate of drug-likeness (QED) is 0.0402. The molecule has 0 aliphatic heterocycles. The number of alkyl carbamates (subject to hydrolysis) is 1. The molecule has 2 aromatic rings. The molecule has 0 fully saturated rings. The second-order valence-corrected chi connectivity index (χ2v) is 12.7. The molecule has 0 aliphatic carbocycles. The number of ether oxygens (including phenoxy) is 3. The summed E-state index contributed by atoms with van der Waals surface area (Å²) in [7, 11) is -3.25. The Labute approximate surface area is 256 Å². The van der Waals surface area contributed by atoms with Crippen molar-refractivity contribution in [3.63, 3.8) is 0 Å². The van der Waals surface area contributed by atoms with E-state index in [-0.39, 0.29) is 35.9 Å². The van der Waals surface area contributed by atoms with Crippen molar-refractivity contribution >= 4 is 39.0 Å². The van der Waals surface area contributed by atoms with Gasteiger partial charge >= 0.3 is 18.0 Å². The lowest BCUT2D eigenvalue weighted by molar-refractivity contribution is -0.757. The highest BCUT2D eigenvalue weighted by atomic mass is 32.2. The van der Waals surface area contributed by atoms with Gasteiger partial charge in [0.2, 0.25) is 0 Å². The number of carbonyl (C=O) groups excluding carboxylic acids is 3. The van der Waals surface area contributed by atoms with E-state index in [4.69, 9.17) is 14.2 Å². The summed E-state index contributed by atoms with van der Waals surface area (Å²) in [6, 6.07) is 14.6. The van der Waals surface area contributed by atoms with Crippen molar-refractivity contribution in [3.05, 3.63) is 75.8 Å². The normalized spacial score (nSPS) is 13.1. The summed E-state index contributed by atoms with van der Waals surface area (Å²) in [6.45, 7) is 4.23. The van der Waals surface area contributed by atoms with Gasteiger partial charge in [-0.15, -0.1) is 10.1 Å². The summed E-state index contributed by atoms with van der Waals surface area (Å²) >= 11 is 0. The summed E-state index contributed by atoms with van der Waals surface area (Å²) in [6.07, 6.45) is 2.65. The molecular weight excluding hydrogens is 596 g/mol. The van der Waals surface area contributed by atoms with Crippen molar-refractivity contribution in [1.82, 2.24) is 5.32 Å². The predicted molar refractivity (Wildman–Crippen MR) is 162 cm³/mol. The van der Waals surface area contributed by atoms with Crippen LogP contribution in [0.3, 0.4) is 0 Å². The van der Waals surface area contributed by atoms with Gasteiger partial charge in [0.1, 0.15) is 23.6 Å². The molecule has 240 valence electrons. The maximum absolute atomic E-state index is 13.5. The molecule has 2 rings (SSSR count). The van der Waals surface area contributed by atoms with Crippen molar-refractivity contribution in [2.24, 2.45) is 0 Å². The van der Waals surface area contributed by atoms with Crippen LogP contribution in [0.15, 0.2) is 59.5 Å². The van der Waals surface area contributed by atoms with Gasteiger partial charge in [0, 0.05) is 5.57 Å². The zero-order valence-electron chi connectivity index (χ0n) is 25.2. The van der Waals surface area contributed by atoms with Crippen molar-refractivity contribution in [1.29, 1.82) is 0 Å². The van der Waals surface area contributed by atoms with E-state index < -0.39 is 45.1 Å². The average molecular weight is 636 g/mol. The molecular formula is C30H39N2O11S+. The number of hydrogen-bond donors (Lipinski definition) is 1. The molecule has 1 amide bonds. The first kappa shape index (κ1) is 35.7. The number of unbranched alkanes of at least 4 members (excludes halogenated alkanes) is 3. The van der Waals surface area contributed by atoms with Crippen molar-refractivity contribution in [2.75, 3.05) is 32.6 Å². The molecule has 14 heteroatoms. The monoisotopic (exact) mass is 635 g/mol. The molecule has 2 aromatic carbocycles. The Hall–Kier alpha value is -4.46. The number of nitrogens with one attached hydrogen (secondary N) is 1. The van der Waals surface area contributed by atoms with Gasteiger partial charge in [-0.25, -0.2) is 13.8 Å². The molecule has 44 heavy (non-hydrogen) atoms. The first-order valence-corrected chi connectivity index (χ1v) is 15.8. The Bertz CT molecular complexity index is 1420. The summed E-state index contributed by atoms with van der Waals surface area (Å²) in [5.41, 5.74) is 0.552. The minimum absolute atomic E-state index is 0.00881. The maximum atomic E-state index is 13.5. The van der Waals surface area contributed by atoms with Crippen LogP contribution in [0, 0.1) is 10.1 Å². The van der Waals surface area contributed by atoms with Gasteiger partial charge in [-0.1, -0.05) is 48.9 Å². The first-order valence-electron chi connectivity index (χ1n) is 13.8. The minimum atomic E-state index is -3.25. The van der Waals surface area contributed by atoms with E-state index in [0.29, 0.717) is 36.8 Å². The molecule has 0 radical (unpaired) electrons. The number of esters is 2. The van der Waals surface area contributed by atoms with Gasteiger partial charge < -0.3 is 24.4 Å². The molecule has 0 aliphatic rings. The second-order valence-electron chi connectivity index (χ2n) is 10.7. The van der Waals surface area contributed by atoms with E-state index in [1.165, 1.54) is 18.4 Å².